The van der Waals surface area contributed by atoms with E-state index in [0.29, 0.717) is 12.1 Å². The second-order valence-corrected chi connectivity index (χ2v) is 6.21. The number of carbonyl (C=O) groups excluding carboxylic acids is 1. The summed E-state index contributed by atoms with van der Waals surface area (Å²) in [5.41, 5.74) is 6.83. The molecular formula is C14H24N2OS2. The maximum atomic E-state index is 11.9. The number of hydrogen-bond acceptors (Lipinski definition) is 5. The zero-order valence-electron chi connectivity index (χ0n) is 12.3. The Morgan fingerprint density at radius 1 is 1.37 bits per heavy atom. The van der Waals surface area contributed by atoms with Gasteiger partial charge in [0.2, 0.25) is 0 Å². The summed E-state index contributed by atoms with van der Waals surface area (Å²) >= 11 is 3.20. The fraction of sp³-hybridized carbons (Fsp3) is 0.643. The lowest BCUT2D eigenvalue weighted by atomic mass is 10.2. The number of unbranched alkanes of at least 4 members (excludes halogenated alkanes) is 1. The molecule has 1 heterocycles. The van der Waals surface area contributed by atoms with Crippen LogP contribution in [0.3, 0.4) is 0 Å². The van der Waals surface area contributed by atoms with Crippen LogP contribution < -0.4 is 10.6 Å². The fourth-order valence-electron chi connectivity index (χ4n) is 1.94. The lowest BCUT2D eigenvalue weighted by Crippen LogP contribution is -2.23. The van der Waals surface area contributed by atoms with Gasteiger partial charge < -0.3 is 10.6 Å². The number of anilines is 2. The van der Waals surface area contributed by atoms with Crippen LogP contribution in [0.25, 0.3) is 0 Å². The largest absolute Gasteiger partial charge is 0.396 e. The number of Topliss-reactive ketones (excluding diaryl/α,β-unsaturated/α-hetero) is 1. The van der Waals surface area contributed by atoms with Crippen molar-refractivity contribution >= 4 is 39.6 Å². The molecule has 0 bridgehead atoms. The van der Waals surface area contributed by atoms with Crippen LogP contribution in [0.5, 0.6) is 0 Å². The van der Waals surface area contributed by atoms with Crippen LogP contribution in [-0.4, -0.2) is 25.1 Å². The van der Waals surface area contributed by atoms with Crippen molar-refractivity contribution in [1.82, 2.24) is 0 Å². The molecule has 1 aromatic rings. The number of nitrogens with zero attached hydrogens (tertiary/aromatic N) is 1. The van der Waals surface area contributed by atoms with Crippen LogP contribution in [0.2, 0.25) is 0 Å². The van der Waals surface area contributed by atoms with Gasteiger partial charge in [0.1, 0.15) is 5.00 Å². The maximum Gasteiger partial charge on any atom is 0.174 e. The van der Waals surface area contributed by atoms with E-state index < -0.39 is 0 Å². The first-order chi connectivity index (χ1) is 9.10. The van der Waals surface area contributed by atoms with Gasteiger partial charge in [0.05, 0.1) is 15.5 Å². The Bertz CT molecular complexity index is 429. The van der Waals surface area contributed by atoms with Crippen molar-refractivity contribution in [3.63, 3.8) is 0 Å². The minimum Gasteiger partial charge on any atom is -0.396 e. The van der Waals surface area contributed by atoms with Gasteiger partial charge in [0, 0.05) is 19.5 Å². The highest BCUT2D eigenvalue weighted by atomic mass is 32.2. The lowest BCUT2D eigenvalue weighted by Gasteiger charge is -2.22. The third-order valence-corrected chi connectivity index (χ3v) is 5.37. The lowest BCUT2D eigenvalue weighted by molar-refractivity contribution is 0.0992. The molecular weight excluding hydrogens is 276 g/mol. The van der Waals surface area contributed by atoms with E-state index in [1.54, 1.807) is 23.1 Å². The maximum absolute atomic E-state index is 11.9. The van der Waals surface area contributed by atoms with Crippen LogP contribution in [0.4, 0.5) is 10.7 Å². The normalized spacial score (nSPS) is 10.7. The average Bonchev–Trinajstić information content (AvgIpc) is 2.76. The van der Waals surface area contributed by atoms with Crippen molar-refractivity contribution < 1.29 is 4.79 Å². The number of nitrogens with two attached hydrogens (primary N) is 1. The molecule has 0 saturated heterocycles. The Hall–Kier alpha value is -0.680. The summed E-state index contributed by atoms with van der Waals surface area (Å²) in [5.74, 6) is 0.149. The number of hydrogen-bond donors (Lipinski definition) is 1. The summed E-state index contributed by atoms with van der Waals surface area (Å²) in [6.45, 7) is 8.21. The highest BCUT2D eigenvalue weighted by Gasteiger charge is 2.22. The van der Waals surface area contributed by atoms with Crippen molar-refractivity contribution in [2.24, 2.45) is 0 Å². The fourth-order valence-corrected chi connectivity index (χ4v) is 4.22. The number of nitrogen functional groups attached to an aromatic ring is 1. The number of carbonyl (C=O) groups is 1. The van der Waals surface area contributed by atoms with Gasteiger partial charge >= 0.3 is 0 Å². The number of rotatable bonds is 8. The topological polar surface area (TPSA) is 46.3 Å². The third kappa shape index (κ3) is 3.66. The average molecular weight is 300 g/mol. The van der Waals surface area contributed by atoms with E-state index in [4.69, 9.17) is 5.73 Å². The van der Waals surface area contributed by atoms with Gasteiger partial charge in [-0.25, -0.2) is 0 Å². The molecule has 1 aromatic heterocycles. The minimum atomic E-state index is 0.149. The molecule has 0 aromatic carbocycles. The molecule has 0 saturated carbocycles. The van der Waals surface area contributed by atoms with Crippen LogP contribution >= 0.6 is 23.1 Å². The molecule has 2 N–H and O–H groups in total. The van der Waals surface area contributed by atoms with E-state index in [9.17, 15) is 4.79 Å². The first-order valence-corrected chi connectivity index (χ1v) is 8.89. The molecule has 1 rings (SSSR count). The van der Waals surface area contributed by atoms with E-state index in [1.807, 2.05) is 13.2 Å². The monoisotopic (exact) mass is 300 g/mol. The molecule has 0 amide bonds. The summed E-state index contributed by atoms with van der Waals surface area (Å²) in [6, 6.07) is 0. The Morgan fingerprint density at radius 2 is 2.05 bits per heavy atom. The predicted octanol–water partition coefficient (Wildman–Crippen LogP) is 4.27. The molecule has 0 aliphatic heterocycles. The standard InChI is InChI=1S/C14H24N2OS2/c1-5-8-9-16(7-3)14-13(18-4)11(15)12(19-14)10(17)6-2/h5-9,15H2,1-4H3. The predicted molar refractivity (Wildman–Crippen MR) is 87.9 cm³/mol. The second-order valence-electron chi connectivity index (χ2n) is 4.39. The van der Waals surface area contributed by atoms with Crippen LogP contribution in [-0.2, 0) is 0 Å². The molecule has 0 atom stereocenters. The zero-order chi connectivity index (χ0) is 14.4. The van der Waals surface area contributed by atoms with Gasteiger partial charge in [-0.2, -0.15) is 0 Å². The Balaban J connectivity index is 3.14. The molecule has 0 radical (unpaired) electrons. The first-order valence-electron chi connectivity index (χ1n) is 6.84. The van der Waals surface area contributed by atoms with Crippen molar-refractivity contribution in [3.8, 4) is 0 Å². The summed E-state index contributed by atoms with van der Waals surface area (Å²) < 4.78 is 0. The Labute approximate surface area is 124 Å². The zero-order valence-corrected chi connectivity index (χ0v) is 13.9. The number of ketones is 1. The highest BCUT2D eigenvalue weighted by Crippen LogP contribution is 2.44. The SMILES string of the molecule is CCCCN(CC)c1sc(C(=O)CC)c(N)c1SC. The van der Waals surface area contributed by atoms with Gasteiger partial charge in [0.15, 0.2) is 5.78 Å². The quantitative estimate of drug-likeness (QED) is 0.575. The van der Waals surface area contributed by atoms with Gasteiger partial charge in [-0.15, -0.1) is 23.1 Å². The van der Waals surface area contributed by atoms with Gasteiger partial charge in [-0.3, -0.25) is 4.79 Å². The highest BCUT2D eigenvalue weighted by molar-refractivity contribution is 7.99. The molecule has 0 aliphatic carbocycles. The summed E-state index contributed by atoms with van der Waals surface area (Å²) in [5, 5.41) is 1.16. The van der Waals surface area contributed by atoms with Crippen LogP contribution in [0, 0.1) is 0 Å². The van der Waals surface area contributed by atoms with E-state index >= 15 is 0 Å². The summed E-state index contributed by atoms with van der Waals surface area (Å²) in [6.07, 6.45) is 4.87. The van der Waals surface area contributed by atoms with Crippen LogP contribution in [0.15, 0.2) is 4.90 Å². The number of thiophene rings is 1. The number of thioether (sulfide) groups is 1. The molecule has 19 heavy (non-hydrogen) atoms. The van der Waals surface area contributed by atoms with Gasteiger partial charge in [-0.1, -0.05) is 20.3 Å². The smallest absolute Gasteiger partial charge is 0.174 e. The minimum absolute atomic E-state index is 0.149. The molecule has 5 heteroatoms. The summed E-state index contributed by atoms with van der Waals surface area (Å²) in [7, 11) is 0. The Morgan fingerprint density at radius 3 is 2.53 bits per heavy atom. The van der Waals surface area contributed by atoms with Crippen molar-refractivity contribution in [2.75, 3.05) is 30.0 Å². The van der Waals surface area contributed by atoms with Crippen molar-refractivity contribution in [3.05, 3.63) is 4.88 Å². The molecule has 0 aliphatic rings. The van der Waals surface area contributed by atoms with Gasteiger partial charge in [0.25, 0.3) is 0 Å². The molecule has 0 spiro atoms. The first kappa shape index (κ1) is 16.4. The second kappa shape index (κ2) is 7.80. The van der Waals surface area contributed by atoms with E-state index in [2.05, 4.69) is 18.7 Å². The van der Waals surface area contributed by atoms with Crippen molar-refractivity contribution in [2.45, 2.75) is 44.9 Å². The molecule has 108 valence electrons. The van der Waals surface area contributed by atoms with Crippen molar-refractivity contribution in [1.29, 1.82) is 0 Å². The molecule has 3 nitrogen and oxygen atoms in total. The molecule has 0 unspecified atom stereocenters. The van der Waals surface area contributed by atoms with Crippen LogP contribution in [0.1, 0.15) is 49.7 Å². The summed E-state index contributed by atoms with van der Waals surface area (Å²) in [4.78, 5) is 16.1. The Kier molecular flexibility index (Phi) is 6.72. The third-order valence-electron chi connectivity index (χ3n) is 3.11. The van der Waals surface area contributed by atoms with E-state index in [0.717, 1.165) is 34.3 Å². The van der Waals surface area contributed by atoms with Gasteiger partial charge in [-0.05, 0) is 19.6 Å². The molecule has 0 fully saturated rings. The van der Waals surface area contributed by atoms with E-state index in [-0.39, 0.29) is 5.78 Å². The van der Waals surface area contributed by atoms with E-state index in [1.165, 1.54) is 6.42 Å².